The summed E-state index contributed by atoms with van der Waals surface area (Å²) in [6.07, 6.45) is 0. The average Bonchev–Trinajstić information content (AvgIpc) is 2.69. The van der Waals surface area contributed by atoms with E-state index in [0.717, 1.165) is 16.8 Å². The molecule has 0 fully saturated rings. The van der Waals surface area contributed by atoms with Gasteiger partial charge in [-0.2, -0.15) is 0 Å². The van der Waals surface area contributed by atoms with E-state index in [1.54, 1.807) is 0 Å². The zero-order valence-electron chi connectivity index (χ0n) is 15.0. The van der Waals surface area contributed by atoms with Gasteiger partial charge in [-0.05, 0) is 48.4 Å². The van der Waals surface area contributed by atoms with E-state index in [1.165, 1.54) is 0 Å². The van der Waals surface area contributed by atoms with Crippen LogP contribution in [0.15, 0.2) is 66.7 Å². The van der Waals surface area contributed by atoms with E-state index in [2.05, 4.69) is 5.32 Å². The van der Waals surface area contributed by atoms with Gasteiger partial charge in [-0.3, -0.25) is 0 Å². The minimum absolute atomic E-state index is 0.458. The summed E-state index contributed by atoms with van der Waals surface area (Å²) in [6, 6.07) is 21.3. The van der Waals surface area contributed by atoms with Gasteiger partial charge in [-0.15, -0.1) is 0 Å². The van der Waals surface area contributed by atoms with Crippen LogP contribution >= 0.6 is 23.2 Å². The third-order valence-electron chi connectivity index (χ3n) is 3.98. The second-order valence-corrected chi connectivity index (χ2v) is 6.80. The van der Waals surface area contributed by atoms with E-state index in [0.29, 0.717) is 41.3 Å². The number of benzene rings is 3. The first kappa shape index (κ1) is 19.4. The van der Waals surface area contributed by atoms with Crippen LogP contribution < -0.4 is 14.8 Å². The lowest BCUT2D eigenvalue weighted by molar-refractivity contribution is 0.269. The molecular weight excluding hydrogens is 381 g/mol. The molecule has 0 aromatic heterocycles. The van der Waals surface area contributed by atoms with Crippen LogP contribution in [-0.2, 0) is 13.2 Å². The van der Waals surface area contributed by atoms with Crippen molar-refractivity contribution in [3.8, 4) is 11.5 Å². The van der Waals surface area contributed by atoms with Crippen molar-refractivity contribution in [1.82, 2.24) is 0 Å². The molecule has 3 aromatic carbocycles. The highest BCUT2D eigenvalue weighted by atomic mass is 35.5. The molecule has 0 saturated heterocycles. The topological polar surface area (TPSA) is 30.5 Å². The maximum atomic E-state index is 6.48. The number of hydrogen-bond acceptors (Lipinski definition) is 3. The highest BCUT2D eigenvalue weighted by molar-refractivity contribution is 6.31. The Labute approximate surface area is 169 Å². The summed E-state index contributed by atoms with van der Waals surface area (Å²) in [5.41, 5.74) is 2.99. The van der Waals surface area contributed by atoms with Crippen molar-refractivity contribution >= 4 is 28.9 Å². The monoisotopic (exact) mass is 401 g/mol. The lowest BCUT2D eigenvalue weighted by Gasteiger charge is -2.16. The molecule has 0 unspecified atom stereocenters. The number of hydrogen-bond donors (Lipinski definition) is 1. The Kier molecular flexibility index (Phi) is 6.86. The minimum Gasteiger partial charge on any atom is -0.490 e. The first-order valence-electron chi connectivity index (χ1n) is 8.77. The van der Waals surface area contributed by atoms with Crippen molar-refractivity contribution in [3.05, 3.63) is 87.9 Å². The molecule has 3 aromatic rings. The predicted octanol–water partition coefficient (Wildman–Crippen LogP) is 6.58. The maximum Gasteiger partial charge on any atom is 0.163 e. The standard InChI is InChI=1S/C22H21Cl2NO2/c1-2-26-21-12-17(14-25-19-10-8-18(23)9-11-19)20(24)13-22(21)27-15-16-6-4-3-5-7-16/h3-13,25H,2,14-15H2,1H3. The van der Waals surface area contributed by atoms with E-state index >= 15 is 0 Å². The van der Waals surface area contributed by atoms with Crippen molar-refractivity contribution in [2.45, 2.75) is 20.1 Å². The normalized spacial score (nSPS) is 10.5. The molecule has 0 aliphatic heterocycles. The summed E-state index contributed by atoms with van der Waals surface area (Å²) in [5.74, 6) is 1.33. The van der Waals surface area contributed by atoms with E-state index in [9.17, 15) is 0 Å². The van der Waals surface area contributed by atoms with Crippen molar-refractivity contribution in [1.29, 1.82) is 0 Å². The number of halogens is 2. The number of anilines is 1. The van der Waals surface area contributed by atoms with Crippen molar-refractivity contribution in [2.24, 2.45) is 0 Å². The second-order valence-electron chi connectivity index (χ2n) is 5.96. The Hall–Kier alpha value is -2.36. The molecule has 0 radical (unpaired) electrons. The highest BCUT2D eigenvalue weighted by Crippen LogP contribution is 2.34. The lowest BCUT2D eigenvalue weighted by atomic mass is 10.2. The van der Waals surface area contributed by atoms with Gasteiger partial charge >= 0.3 is 0 Å². The van der Waals surface area contributed by atoms with Gasteiger partial charge in [0.15, 0.2) is 11.5 Å². The molecule has 0 amide bonds. The lowest BCUT2D eigenvalue weighted by Crippen LogP contribution is -2.04. The summed E-state index contributed by atoms with van der Waals surface area (Å²) in [6.45, 7) is 3.52. The van der Waals surface area contributed by atoms with Gasteiger partial charge in [-0.25, -0.2) is 0 Å². The molecule has 3 rings (SSSR count). The fraction of sp³-hybridized carbons (Fsp3) is 0.182. The summed E-state index contributed by atoms with van der Waals surface area (Å²) >= 11 is 12.4. The molecule has 0 spiro atoms. The first-order valence-corrected chi connectivity index (χ1v) is 9.52. The van der Waals surface area contributed by atoms with Crippen LogP contribution in [0.2, 0.25) is 10.0 Å². The molecular formula is C22H21Cl2NO2. The molecule has 0 heterocycles. The molecule has 0 saturated carbocycles. The van der Waals surface area contributed by atoms with Gasteiger partial charge < -0.3 is 14.8 Å². The number of rotatable bonds is 8. The Morgan fingerprint density at radius 3 is 2.26 bits per heavy atom. The average molecular weight is 402 g/mol. The fourth-order valence-corrected chi connectivity index (χ4v) is 2.94. The summed E-state index contributed by atoms with van der Waals surface area (Å²) in [7, 11) is 0. The third-order valence-corrected chi connectivity index (χ3v) is 4.58. The predicted molar refractivity (Wildman–Crippen MR) is 112 cm³/mol. The van der Waals surface area contributed by atoms with Gasteiger partial charge in [0.05, 0.1) is 6.61 Å². The van der Waals surface area contributed by atoms with Crippen LogP contribution in [0.3, 0.4) is 0 Å². The molecule has 0 aliphatic rings. The van der Waals surface area contributed by atoms with Gasteiger partial charge in [0, 0.05) is 28.3 Å². The van der Waals surface area contributed by atoms with Crippen LogP contribution in [0, 0.1) is 0 Å². The molecule has 27 heavy (non-hydrogen) atoms. The van der Waals surface area contributed by atoms with Crippen LogP contribution in [0.4, 0.5) is 5.69 Å². The van der Waals surface area contributed by atoms with Gasteiger partial charge in [0.1, 0.15) is 6.61 Å². The quantitative estimate of drug-likeness (QED) is 0.462. The molecule has 0 atom stereocenters. The maximum absolute atomic E-state index is 6.48. The van der Waals surface area contributed by atoms with Crippen molar-refractivity contribution in [3.63, 3.8) is 0 Å². The fourth-order valence-electron chi connectivity index (χ4n) is 2.59. The van der Waals surface area contributed by atoms with E-state index in [1.807, 2.05) is 73.7 Å². The molecule has 5 heteroatoms. The molecule has 0 aliphatic carbocycles. The van der Waals surface area contributed by atoms with E-state index < -0.39 is 0 Å². The Bertz CT molecular complexity index is 867. The Morgan fingerprint density at radius 2 is 1.56 bits per heavy atom. The number of ether oxygens (including phenoxy) is 2. The van der Waals surface area contributed by atoms with Crippen molar-refractivity contribution < 1.29 is 9.47 Å². The second kappa shape index (κ2) is 9.54. The van der Waals surface area contributed by atoms with Crippen molar-refractivity contribution in [2.75, 3.05) is 11.9 Å². The summed E-state index contributed by atoms with van der Waals surface area (Å²) < 4.78 is 11.7. The highest BCUT2D eigenvalue weighted by Gasteiger charge is 2.12. The first-order chi connectivity index (χ1) is 13.2. The SMILES string of the molecule is CCOc1cc(CNc2ccc(Cl)cc2)c(Cl)cc1OCc1ccccc1. The molecule has 3 nitrogen and oxygen atoms in total. The van der Waals surface area contributed by atoms with Crippen LogP contribution in [0.25, 0.3) is 0 Å². The number of nitrogens with one attached hydrogen (secondary N) is 1. The molecule has 140 valence electrons. The zero-order chi connectivity index (χ0) is 19.1. The largest absolute Gasteiger partial charge is 0.490 e. The summed E-state index contributed by atoms with van der Waals surface area (Å²) in [5, 5.41) is 4.67. The molecule has 1 N–H and O–H groups in total. The van der Waals surface area contributed by atoms with E-state index in [4.69, 9.17) is 32.7 Å². The van der Waals surface area contributed by atoms with Crippen LogP contribution in [0.5, 0.6) is 11.5 Å². The van der Waals surface area contributed by atoms with Crippen LogP contribution in [0.1, 0.15) is 18.1 Å². The van der Waals surface area contributed by atoms with Gasteiger partial charge in [0.2, 0.25) is 0 Å². The zero-order valence-corrected chi connectivity index (χ0v) is 16.6. The van der Waals surface area contributed by atoms with E-state index in [-0.39, 0.29) is 0 Å². The minimum atomic E-state index is 0.458. The molecule has 0 bridgehead atoms. The van der Waals surface area contributed by atoms with Gasteiger partial charge in [0.25, 0.3) is 0 Å². The summed E-state index contributed by atoms with van der Waals surface area (Å²) in [4.78, 5) is 0. The Balaban J connectivity index is 1.73. The Morgan fingerprint density at radius 1 is 0.852 bits per heavy atom. The smallest absolute Gasteiger partial charge is 0.163 e. The van der Waals surface area contributed by atoms with Crippen LogP contribution in [-0.4, -0.2) is 6.61 Å². The third kappa shape index (κ3) is 5.56. The van der Waals surface area contributed by atoms with Gasteiger partial charge in [-0.1, -0.05) is 53.5 Å².